The summed E-state index contributed by atoms with van der Waals surface area (Å²) in [7, 11) is 1.83. The fourth-order valence-electron chi connectivity index (χ4n) is 4.90. The number of piperidine rings is 1. The number of amides is 1. The van der Waals surface area contributed by atoms with Crippen LogP contribution in [0, 0.1) is 11.8 Å². The molecule has 3 rings (SSSR count). The van der Waals surface area contributed by atoms with Crippen molar-refractivity contribution in [2.45, 2.75) is 70.9 Å². The normalized spacial score (nSPS) is 29.1. The highest BCUT2D eigenvalue weighted by Gasteiger charge is 2.32. The van der Waals surface area contributed by atoms with Crippen molar-refractivity contribution in [1.29, 1.82) is 0 Å². The van der Waals surface area contributed by atoms with Crippen LogP contribution in [0.15, 0.2) is 4.99 Å². The number of rotatable bonds is 5. The number of aliphatic imine (C=N–C) groups is 1. The van der Waals surface area contributed by atoms with Crippen molar-refractivity contribution in [3.63, 3.8) is 0 Å². The molecule has 0 aromatic carbocycles. The van der Waals surface area contributed by atoms with Gasteiger partial charge in [-0.05, 0) is 51.5 Å². The summed E-state index contributed by atoms with van der Waals surface area (Å²) < 4.78 is 0. The minimum Gasteiger partial charge on any atom is -0.355 e. The molecule has 3 atom stereocenters. The molecule has 0 spiro atoms. The molecule has 0 aromatic rings. The standard InChI is InChI=1S/C21H39N5O/c1-16-7-6-11-25(14-16)17(2)13-23-21(22-3)24-19-10-12-26(15-19)20(27)18-8-4-5-9-18/h16-19H,4-15H2,1-3H3,(H2,22,23,24). The van der Waals surface area contributed by atoms with E-state index < -0.39 is 0 Å². The van der Waals surface area contributed by atoms with Crippen molar-refractivity contribution in [3.8, 4) is 0 Å². The summed E-state index contributed by atoms with van der Waals surface area (Å²) in [5, 5.41) is 7.04. The van der Waals surface area contributed by atoms with Crippen LogP contribution in [0.5, 0.6) is 0 Å². The molecule has 1 saturated carbocycles. The SMILES string of the molecule is CN=C(NCC(C)N1CCCC(C)C1)NC1CCN(C(=O)C2CCCC2)C1. The molecular formula is C21H39N5O. The van der Waals surface area contributed by atoms with Gasteiger partial charge in [0.1, 0.15) is 0 Å². The molecule has 1 amide bonds. The Morgan fingerprint density at radius 2 is 1.89 bits per heavy atom. The first kappa shape index (κ1) is 20.4. The lowest BCUT2D eigenvalue weighted by Gasteiger charge is -2.35. The number of hydrogen-bond acceptors (Lipinski definition) is 3. The van der Waals surface area contributed by atoms with Crippen LogP contribution in [0.1, 0.15) is 58.8 Å². The Morgan fingerprint density at radius 1 is 1.11 bits per heavy atom. The molecule has 2 aliphatic heterocycles. The van der Waals surface area contributed by atoms with Gasteiger partial charge in [0.25, 0.3) is 0 Å². The van der Waals surface area contributed by atoms with Crippen molar-refractivity contribution in [2.75, 3.05) is 39.8 Å². The topological polar surface area (TPSA) is 60.0 Å². The lowest BCUT2D eigenvalue weighted by atomic mass is 9.99. The third-order valence-corrected chi connectivity index (χ3v) is 6.65. The van der Waals surface area contributed by atoms with E-state index in [4.69, 9.17) is 0 Å². The maximum atomic E-state index is 12.6. The Bertz CT molecular complexity index is 517. The molecule has 1 aliphatic carbocycles. The van der Waals surface area contributed by atoms with Crippen LogP contribution in [-0.4, -0.2) is 73.5 Å². The molecule has 2 saturated heterocycles. The van der Waals surface area contributed by atoms with Crippen LogP contribution in [0.25, 0.3) is 0 Å². The highest BCUT2D eigenvalue weighted by molar-refractivity contribution is 5.81. The second-order valence-electron chi connectivity index (χ2n) is 8.94. The van der Waals surface area contributed by atoms with Crippen LogP contribution in [0.3, 0.4) is 0 Å². The maximum absolute atomic E-state index is 12.6. The molecule has 27 heavy (non-hydrogen) atoms. The van der Waals surface area contributed by atoms with Gasteiger partial charge >= 0.3 is 0 Å². The number of carbonyl (C=O) groups is 1. The third-order valence-electron chi connectivity index (χ3n) is 6.65. The second kappa shape index (κ2) is 9.76. The third kappa shape index (κ3) is 5.59. The summed E-state index contributed by atoms with van der Waals surface area (Å²) in [6.07, 6.45) is 8.29. The van der Waals surface area contributed by atoms with Gasteiger partial charge in [-0.1, -0.05) is 19.8 Å². The average molecular weight is 378 g/mol. The molecule has 3 unspecified atom stereocenters. The average Bonchev–Trinajstić information content (AvgIpc) is 3.36. The van der Waals surface area contributed by atoms with E-state index in [0.717, 1.165) is 50.8 Å². The predicted molar refractivity (Wildman–Crippen MR) is 111 cm³/mol. The Kier molecular flexibility index (Phi) is 7.39. The summed E-state index contributed by atoms with van der Waals surface area (Å²) in [6, 6.07) is 0.821. The van der Waals surface area contributed by atoms with Crippen molar-refractivity contribution in [3.05, 3.63) is 0 Å². The van der Waals surface area contributed by atoms with Crippen molar-refractivity contribution in [2.24, 2.45) is 16.8 Å². The van der Waals surface area contributed by atoms with Crippen LogP contribution in [0.4, 0.5) is 0 Å². The zero-order valence-corrected chi connectivity index (χ0v) is 17.5. The molecule has 3 fully saturated rings. The molecular weight excluding hydrogens is 338 g/mol. The first-order valence-corrected chi connectivity index (χ1v) is 11.1. The van der Waals surface area contributed by atoms with E-state index in [1.54, 1.807) is 0 Å². The monoisotopic (exact) mass is 377 g/mol. The highest BCUT2D eigenvalue weighted by Crippen LogP contribution is 2.27. The summed E-state index contributed by atoms with van der Waals surface area (Å²) in [4.78, 5) is 21.7. The number of carbonyl (C=O) groups excluding carboxylic acids is 1. The molecule has 154 valence electrons. The minimum atomic E-state index is 0.286. The first-order valence-electron chi connectivity index (χ1n) is 11.1. The number of likely N-dealkylation sites (tertiary alicyclic amines) is 2. The van der Waals surface area contributed by atoms with Crippen molar-refractivity contribution >= 4 is 11.9 Å². The van der Waals surface area contributed by atoms with Crippen LogP contribution in [0.2, 0.25) is 0 Å². The molecule has 2 heterocycles. The summed E-state index contributed by atoms with van der Waals surface area (Å²) in [6.45, 7) is 9.67. The molecule has 0 radical (unpaired) electrons. The Balaban J connectivity index is 1.40. The summed E-state index contributed by atoms with van der Waals surface area (Å²) >= 11 is 0. The van der Waals surface area contributed by atoms with Crippen LogP contribution < -0.4 is 10.6 Å². The molecule has 3 aliphatic rings. The van der Waals surface area contributed by atoms with E-state index in [1.807, 2.05) is 7.05 Å². The van der Waals surface area contributed by atoms with Gasteiger partial charge in [0.05, 0.1) is 0 Å². The van der Waals surface area contributed by atoms with E-state index in [0.29, 0.717) is 18.0 Å². The smallest absolute Gasteiger partial charge is 0.225 e. The maximum Gasteiger partial charge on any atom is 0.225 e. The van der Waals surface area contributed by atoms with Crippen LogP contribution in [-0.2, 0) is 4.79 Å². The van der Waals surface area contributed by atoms with E-state index in [2.05, 4.69) is 39.3 Å². The van der Waals surface area contributed by atoms with Gasteiger partial charge in [0, 0.05) is 51.2 Å². The largest absolute Gasteiger partial charge is 0.355 e. The fraction of sp³-hybridized carbons (Fsp3) is 0.905. The van der Waals surface area contributed by atoms with Crippen molar-refractivity contribution < 1.29 is 4.79 Å². The Morgan fingerprint density at radius 3 is 2.59 bits per heavy atom. The highest BCUT2D eigenvalue weighted by atomic mass is 16.2. The summed E-state index contributed by atoms with van der Waals surface area (Å²) in [5.74, 6) is 2.34. The van der Waals surface area contributed by atoms with Gasteiger partial charge in [-0.25, -0.2) is 0 Å². The van der Waals surface area contributed by atoms with Gasteiger partial charge in [0.2, 0.25) is 5.91 Å². The molecule has 0 aromatic heterocycles. The Hall–Kier alpha value is -1.30. The molecule has 0 bridgehead atoms. The van der Waals surface area contributed by atoms with Crippen LogP contribution >= 0.6 is 0 Å². The number of nitrogens with one attached hydrogen (secondary N) is 2. The zero-order chi connectivity index (χ0) is 19.2. The van der Waals surface area contributed by atoms with E-state index in [-0.39, 0.29) is 5.92 Å². The van der Waals surface area contributed by atoms with E-state index >= 15 is 0 Å². The fourth-order valence-corrected chi connectivity index (χ4v) is 4.90. The molecule has 6 heteroatoms. The van der Waals surface area contributed by atoms with E-state index in [9.17, 15) is 4.79 Å². The minimum absolute atomic E-state index is 0.286. The van der Waals surface area contributed by atoms with Gasteiger partial charge in [-0.15, -0.1) is 0 Å². The number of nitrogens with zero attached hydrogens (tertiary/aromatic N) is 3. The van der Waals surface area contributed by atoms with E-state index in [1.165, 1.54) is 38.8 Å². The van der Waals surface area contributed by atoms with Gasteiger partial charge < -0.3 is 15.5 Å². The van der Waals surface area contributed by atoms with Gasteiger partial charge in [-0.3, -0.25) is 14.7 Å². The zero-order valence-electron chi connectivity index (χ0n) is 17.5. The Labute approximate surface area is 165 Å². The lowest BCUT2D eigenvalue weighted by molar-refractivity contribution is -0.134. The van der Waals surface area contributed by atoms with Gasteiger partial charge in [0.15, 0.2) is 5.96 Å². The second-order valence-corrected chi connectivity index (χ2v) is 8.94. The number of guanidine groups is 1. The van der Waals surface area contributed by atoms with Gasteiger partial charge in [-0.2, -0.15) is 0 Å². The molecule has 6 nitrogen and oxygen atoms in total. The first-order chi connectivity index (χ1) is 13.1. The van der Waals surface area contributed by atoms with Crippen molar-refractivity contribution in [1.82, 2.24) is 20.4 Å². The molecule has 2 N–H and O–H groups in total. The number of hydrogen-bond donors (Lipinski definition) is 2. The lowest BCUT2D eigenvalue weighted by Crippen LogP contribution is -2.50. The predicted octanol–water partition coefficient (Wildman–Crippen LogP) is 2.06. The summed E-state index contributed by atoms with van der Waals surface area (Å²) in [5.41, 5.74) is 0. The quantitative estimate of drug-likeness (QED) is 0.569.